The highest BCUT2D eigenvalue weighted by Gasteiger charge is 2.74. The molecule has 2 aliphatic rings. The Bertz CT molecular complexity index is 321. The normalized spacial score (nSPS) is 47.1. The molecule has 0 saturated carbocycles. The smallest absolute Gasteiger partial charge is 0.211 e. The Labute approximate surface area is 103 Å². The van der Waals surface area contributed by atoms with E-state index in [-0.39, 0.29) is 22.2 Å². The number of ether oxygens (including phenoxy) is 2. The van der Waals surface area contributed by atoms with Crippen LogP contribution in [0.4, 0.5) is 0 Å². The molecule has 0 radical (unpaired) electrons. The molecule has 0 spiro atoms. The van der Waals surface area contributed by atoms with Gasteiger partial charge in [-0.3, -0.25) is 0 Å². The summed E-state index contributed by atoms with van der Waals surface area (Å²) < 4.78 is 19.2. The maximum Gasteiger partial charge on any atom is 0.211 e. The maximum atomic E-state index is 7.40. The van der Waals surface area contributed by atoms with Crippen LogP contribution in [-0.4, -0.2) is 47.1 Å². The van der Waals surface area contributed by atoms with E-state index in [2.05, 4.69) is 13.8 Å². The number of hydrogen-bond donors (Lipinski definition) is 1. The largest absolute Gasteiger partial charge is 0.389 e. The number of hydrogen-bond acceptors (Lipinski definition) is 4. The molecule has 3 nitrogen and oxygen atoms in total. The van der Waals surface area contributed by atoms with Gasteiger partial charge in [-0.1, -0.05) is 0 Å². The third-order valence-electron chi connectivity index (χ3n) is 4.26. The van der Waals surface area contributed by atoms with Gasteiger partial charge in [0.1, 0.15) is 11.7 Å². The van der Waals surface area contributed by atoms with Crippen LogP contribution in [-0.2, 0) is 9.47 Å². The van der Waals surface area contributed by atoms with Gasteiger partial charge in [-0.15, -0.1) is 11.8 Å². The summed E-state index contributed by atoms with van der Waals surface area (Å²) in [6.07, 6.45) is -0.148. The van der Waals surface area contributed by atoms with Crippen LogP contribution in [0.3, 0.4) is 0 Å². The quantitative estimate of drug-likeness (QED) is 0.827. The van der Waals surface area contributed by atoms with Crippen molar-refractivity contribution in [3.05, 3.63) is 0 Å². The molecule has 4 heteroatoms. The number of methoxy groups -OCH3 is 1. The van der Waals surface area contributed by atoms with Crippen LogP contribution in [0.5, 0.6) is 0 Å². The second kappa shape index (κ2) is 3.37. The predicted molar refractivity (Wildman–Crippen MR) is 65.8 cm³/mol. The second-order valence-corrected chi connectivity index (χ2v) is 7.59. The lowest BCUT2D eigenvalue weighted by Gasteiger charge is -2.51. The lowest BCUT2D eigenvalue weighted by atomic mass is 9.73. The van der Waals surface area contributed by atoms with Crippen molar-refractivity contribution in [2.24, 2.45) is 0 Å². The molecule has 0 aromatic rings. The second-order valence-electron chi connectivity index (χ2n) is 5.79. The molecule has 0 amide bonds. The minimum absolute atomic E-state index is 0.0952. The van der Waals surface area contributed by atoms with Crippen LogP contribution in [0.25, 0.3) is 0 Å². The molecule has 2 saturated heterocycles. The third kappa shape index (κ3) is 1.22. The molecule has 0 aliphatic carbocycles. The van der Waals surface area contributed by atoms with Crippen molar-refractivity contribution >= 4 is 11.8 Å². The van der Waals surface area contributed by atoms with Gasteiger partial charge in [0.15, 0.2) is 0 Å². The molecular weight excluding hydrogens is 224 g/mol. The van der Waals surface area contributed by atoms with Gasteiger partial charge in [0.25, 0.3) is 0 Å². The molecule has 2 aliphatic heterocycles. The predicted octanol–water partition coefficient (Wildman–Crippen LogP) is 1.82. The first-order chi connectivity index (χ1) is 7.73. The first-order valence-corrected chi connectivity index (χ1v) is 6.64. The SMILES string of the molecule is [3H]O[C@H]1C2SC(C)(C)C1(C(C)(C)OC)O[C@H]2C. The maximum absolute atomic E-state index is 7.40. The molecular formula is C12H22O3S. The molecule has 2 unspecified atom stereocenters. The van der Waals surface area contributed by atoms with Gasteiger partial charge in [-0.05, 0) is 34.6 Å². The fraction of sp³-hybridized carbons (Fsp3) is 1.00. The summed E-state index contributed by atoms with van der Waals surface area (Å²) in [6.45, 7) is 10.4. The number of thioether (sulfide) groups is 1. The van der Waals surface area contributed by atoms with E-state index in [9.17, 15) is 0 Å². The number of rotatable bonds is 3. The van der Waals surface area contributed by atoms with Crippen LogP contribution < -0.4 is 0 Å². The van der Waals surface area contributed by atoms with E-state index >= 15 is 0 Å². The van der Waals surface area contributed by atoms with Gasteiger partial charge in [0, 0.05) is 11.9 Å². The topological polar surface area (TPSA) is 38.7 Å². The average molecular weight is 248 g/mol. The van der Waals surface area contributed by atoms with Crippen LogP contribution >= 0.6 is 11.8 Å². The molecule has 1 N–H and O–H groups in total. The highest BCUT2D eigenvalue weighted by atomic mass is 32.2. The molecule has 94 valence electrons. The third-order valence-corrected chi connectivity index (χ3v) is 6.06. The summed E-state index contributed by atoms with van der Waals surface area (Å²) in [5.74, 6) is 0. The van der Waals surface area contributed by atoms with Crippen LogP contribution in [0.2, 0.25) is 0 Å². The van der Waals surface area contributed by atoms with Gasteiger partial charge in [0.2, 0.25) is 1.43 Å². The van der Waals surface area contributed by atoms with E-state index in [1.54, 1.807) is 7.11 Å². The Morgan fingerprint density at radius 3 is 2.62 bits per heavy atom. The van der Waals surface area contributed by atoms with Gasteiger partial charge in [-0.2, -0.15) is 0 Å². The molecule has 2 fully saturated rings. The summed E-state index contributed by atoms with van der Waals surface area (Å²) in [5, 5.41) is 5.23. The summed E-state index contributed by atoms with van der Waals surface area (Å²) in [6, 6.07) is 0. The fourth-order valence-corrected chi connectivity index (χ4v) is 5.16. The molecule has 4 atom stereocenters. The van der Waals surface area contributed by atoms with Crippen molar-refractivity contribution in [3.8, 4) is 0 Å². The van der Waals surface area contributed by atoms with E-state index in [1.165, 1.54) is 0 Å². The van der Waals surface area contributed by atoms with Gasteiger partial charge in [0.05, 0.1) is 17.0 Å². The Morgan fingerprint density at radius 1 is 1.50 bits per heavy atom. The fourth-order valence-electron chi connectivity index (χ4n) is 3.34. The molecule has 2 rings (SSSR count). The van der Waals surface area contributed by atoms with E-state index in [4.69, 9.17) is 16.0 Å². The summed E-state index contributed by atoms with van der Waals surface area (Å²) in [4.78, 5) is 0. The van der Waals surface area contributed by atoms with Crippen LogP contribution in [0.15, 0.2) is 0 Å². The standard InChI is InChI=1S/C12H22O3S/c1-7-8-9(13)12(15-7,10(2,3)14-6)11(4,5)16-8/h7-9,13H,1-6H3/t7-,8?,9-,12?/m0/s1/i13T. The molecule has 2 heterocycles. The minimum Gasteiger partial charge on any atom is -0.389 e. The zero-order valence-corrected chi connectivity index (χ0v) is 11.7. The van der Waals surface area contributed by atoms with Gasteiger partial charge in [-0.25, -0.2) is 0 Å². The lowest BCUT2D eigenvalue weighted by Crippen LogP contribution is -2.65. The van der Waals surface area contributed by atoms with E-state index < -0.39 is 11.2 Å². The first-order valence-electron chi connectivity index (χ1n) is 6.17. The monoisotopic (exact) mass is 248 g/mol. The van der Waals surface area contributed by atoms with Crippen molar-refractivity contribution in [1.29, 1.82) is 1.43 Å². The highest BCUT2D eigenvalue weighted by Crippen LogP contribution is 2.63. The Hall–Kier alpha value is 0.230. The zero-order chi connectivity index (χ0) is 13.1. The summed E-state index contributed by atoms with van der Waals surface area (Å²) >= 11 is 1.85. The van der Waals surface area contributed by atoms with Crippen molar-refractivity contribution in [1.82, 2.24) is 0 Å². The Morgan fingerprint density at radius 2 is 2.12 bits per heavy atom. The highest BCUT2D eigenvalue weighted by molar-refractivity contribution is 8.01. The molecule has 0 aromatic carbocycles. The Kier molecular flexibility index (Phi) is 2.39. The zero-order valence-electron chi connectivity index (χ0n) is 11.9. The van der Waals surface area contributed by atoms with Gasteiger partial charge < -0.3 is 14.6 Å². The van der Waals surface area contributed by atoms with E-state index in [0.29, 0.717) is 0 Å². The minimum atomic E-state index is -0.578. The first kappa shape index (κ1) is 11.3. The van der Waals surface area contributed by atoms with Crippen molar-refractivity contribution in [2.45, 2.75) is 68.0 Å². The van der Waals surface area contributed by atoms with Crippen LogP contribution in [0, 0.1) is 0 Å². The number of aliphatic hydroxyl groups excluding tert-OH is 1. The average Bonchev–Trinajstić information content (AvgIpc) is 2.64. The van der Waals surface area contributed by atoms with E-state index in [0.717, 1.165) is 0 Å². The Balaban J connectivity index is 2.52. The van der Waals surface area contributed by atoms with Crippen molar-refractivity contribution in [3.63, 3.8) is 0 Å². The molecule has 16 heavy (non-hydrogen) atoms. The van der Waals surface area contributed by atoms with E-state index in [1.807, 2.05) is 32.5 Å². The number of fused-ring (bicyclic) bond motifs is 2. The van der Waals surface area contributed by atoms with Crippen molar-refractivity contribution < 1.29 is 14.6 Å². The van der Waals surface area contributed by atoms with Gasteiger partial charge >= 0.3 is 0 Å². The molecule has 0 aromatic heterocycles. The molecule has 2 bridgehead atoms. The van der Waals surface area contributed by atoms with Crippen molar-refractivity contribution in [2.75, 3.05) is 7.11 Å². The van der Waals surface area contributed by atoms with Crippen LogP contribution in [0.1, 0.15) is 34.6 Å². The summed E-state index contributed by atoms with van der Waals surface area (Å²) in [7, 11) is 1.69. The lowest BCUT2D eigenvalue weighted by molar-refractivity contribution is -0.211. The summed E-state index contributed by atoms with van der Waals surface area (Å²) in [5.41, 5.74) is -1.07. The number of aliphatic hydroxyl groups is 1.